The number of hydrogen-bond donors (Lipinski definition) is 1. The third-order valence-electron chi connectivity index (χ3n) is 5.21. The minimum absolute atomic E-state index is 0.293. The largest absolute Gasteiger partial charge is 0.308 e. The highest BCUT2D eigenvalue weighted by atomic mass is 15.4. The lowest BCUT2D eigenvalue weighted by molar-refractivity contribution is 0.0632. The summed E-state index contributed by atoms with van der Waals surface area (Å²) >= 11 is 0. The van der Waals surface area contributed by atoms with Gasteiger partial charge in [0, 0.05) is 31.2 Å². The van der Waals surface area contributed by atoms with Gasteiger partial charge in [-0.15, -0.1) is 0 Å². The molecule has 3 rings (SSSR count). The van der Waals surface area contributed by atoms with Gasteiger partial charge in [-0.1, -0.05) is 13.8 Å². The summed E-state index contributed by atoms with van der Waals surface area (Å²) in [6.07, 6.45) is 6.78. The van der Waals surface area contributed by atoms with Crippen molar-refractivity contribution in [1.82, 2.24) is 25.0 Å². The summed E-state index contributed by atoms with van der Waals surface area (Å²) in [4.78, 5) is 7.13. The zero-order chi connectivity index (χ0) is 14.9. The third kappa shape index (κ3) is 3.14. The topological polar surface area (TPSA) is 46.0 Å². The van der Waals surface area contributed by atoms with Gasteiger partial charge in [0.2, 0.25) is 0 Å². The first-order valence-electron chi connectivity index (χ1n) is 8.52. The molecule has 2 aliphatic rings. The standard InChI is InChI=1S/C16H29N5/c1-4-8-21-15(17-12-19-21)10-20-11-16(3,13-6-7-13)18-9-14(20)5-2/h12-14,18H,4-11H2,1-3H3. The van der Waals surface area contributed by atoms with E-state index in [2.05, 4.69) is 45.8 Å². The minimum atomic E-state index is 0.293. The minimum Gasteiger partial charge on any atom is -0.308 e. The van der Waals surface area contributed by atoms with Crippen LogP contribution in [0.3, 0.4) is 0 Å². The van der Waals surface area contributed by atoms with Gasteiger partial charge in [-0.05, 0) is 38.5 Å². The van der Waals surface area contributed by atoms with Crippen LogP contribution in [-0.2, 0) is 13.1 Å². The fourth-order valence-electron chi connectivity index (χ4n) is 3.66. The molecule has 1 aliphatic carbocycles. The van der Waals surface area contributed by atoms with Crippen LogP contribution >= 0.6 is 0 Å². The number of rotatable bonds is 6. The summed E-state index contributed by atoms with van der Waals surface area (Å²) < 4.78 is 2.07. The van der Waals surface area contributed by atoms with Crippen molar-refractivity contribution < 1.29 is 0 Å². The number of aromatic nitrogens is 3. The summed E-state index contributed by atoms with van der Waals surface area (Å²) in [5, 5.41) is 8.19. The molecule has 1 aliphatic heterocycles. The first kappa shape index (κ1) is 15.0. The van der Waals surface area contributed by atoms with Crippen LogP contribution in [0.1, 0.15) is 52.3 Å². The van der Waals surface area contributed by atoms with Gasteiger partial charge in [0.1, 0.15) is 12.2 Å². The summed E-state index contributed by atoms with van der Waals surface area (Å²) in [5.41, 5.74) is 0.293. The van der Waals surface area contributed by atoms with E-state index in [9.17, 15) is 0 Å². The SMILES string of the molecule is CCCn1ncnc1CN1CC(C)(C2CC2)NCC1CC. The summed E-state index contributed by atoms with van der Waals surface area (Å²) in [6, 6.07) is 0.614. The normalized spacial score (nSPS) is 30.7. The molecule has 1 N–H and O–H groups in total. The van der Waals surface area contributed by atoms with E-state index in [-0.39, 0.29) is 0 Å². The predicted molar refractivity (Wildman–Crippen MR) is 83.9 cm³/mol. The molecule has 2 atom stereocenters. The first-order valence-corrected chi connectivity index (χ1v) is 8.52. The first-order chi connectivity index (χ1) is 10.2. The van der Waals surface area contributed by atoms with E-state index >= 15 is 0 Å². The van der Waals surface area contributed by atoms with Crippen LogP contribution in [0.2, 0.25) is 0 Å². The van der Waals surface area contributed by atoms with Crippen molar-refractivity contribution in [2.45, 2.75) is 71.1 Å². The molecule has 0 spiro atoms. The monoisotopic (exact) mass is 291 g/mol. The predicted octanol–water partition coefficient (Wildman–Crippen LogP) is 2.04. The van der Waals surface area contributed by atoms with Crippen molar-refractivity contribution in [3.63, 3.8) is 0 Å². The second kappa shape index (κ2) is 6.05. The quantitative estimate of drug-likeness (QED) is 0.871. The second-order valence-corrected chi connectivity index (χ2v) is 6.94. The third-order valence-corrected chi connectivity index (χ3v) is 5.21. The second-order valence-electron chi connectivity index (χ2n) is 6.94. The Bertz CT molecular complexity index is 467. The van der Waals surface area contributed by atoms with Crippen molar-refractivity contribution in [1.29, 1.82) is 0 Å². The zero-order valence-electron chi connectivity index (χ0n) is 13.7. The summed E-state index contributed by atoms with van der Waals surface area (Å²) in [6.45, 7) is 11.0. The molecule has 0 amide bonds. The Morgan fingerprint density at radius 2 is 2.19 bits per heavy atom. The lowest BCUT2D eigenvalue weighted by Gasteiger charge is -2.46. The van der Waals surface area contributed by atoms with Crippen LogP contribution in [0.4, 0.5) is 0 Å². The number of hydrogen-bond acceptors (Lipinski definition) is 4. The Hall–Kier alpha value is -0.940. The highest BCUT2D eigenvalue weighted by Gasteiger charge is 2.45. The van der Waals surface area contributed by atoms with Crippen LogP contribution in [-0.4, -0.2) is 44.3 Å². The maximum atomic E-state index is 4.50. The molecule has 5 nitrogen and oxygen atoms in total. The molecule has 0 bridgehead atoms. The molecule has 2 unspecified atom stereocenters. The van der Waals surface area contributed by atoms with Crippen molar-refractivity contribution in [2.75, 3.05) is 13.1 Å². The Morgan fingerprint density at radius 3 is 2.86 bits per heavy atom. The van der Waals surface area contributed by atoms with E-state index in [1.54, 1.807) is 6.33 Å². The molecule has 5 heteroatoms. The maximum absolute atomic E-state index is 4.50. The lowest BCUT2D eigenvalue weighted by Crippen LogP contribution is -2.63. The van der Waals surface area contributed by atoms with Crippen LogP contribution in [0.25, 0.3) is 0 Å². The van der Waals surface area contributed by atoms with Crippen LogP contribution < -0.4 is 5.32 Å². The smallest absolute Gasteiger partial charge is 0.141 e. The van der Waals surface area contributed by atoms with Gasteiger partial charge in [0.15, 0.2) is 0 Å². The number of aryl methyl sites for hydroxylation is 1. The molecule has 1 aromatic heterocycles. The molecule has 2 heterocycles. The number of nitrogens with zero attached hydrogens (tertiary/aromatic N) is 4. The molecular formula is C16H29N5. The average molecular weight is 291 g/mol. The van der Waals surface area contributed by atoms with Gasteiger partial charge in [-0.2, -0.15) is 5.10 Å². The number of nitrogens with one attached hydrogen (secondary N) is 1. The van der Waals surface area contributed by atoms with Crippen molar-refractivity contribution in [2.24, 2.45) is 5.92 Å². The molecule has 2 fully saturated rings. The van der Waals surface area contributed by atoms with Crippen LogP contribution in [0, 0.1) is 5.92 Å². The molecule has 1 aromatic rings. The van der Waals surface area contributed by atoms with Crippen molar-refractivity contribution >= 4 is 0 Å². The van der Waals surface area contributed by atoms with Gasteiger partial charge in [0.25, 0.3) is 0 Å². The molecule has 1 saturated heterocycles. The Kier molecular flexibility index (Phi) is 4.31. The fourth-order valence-corrected chi connectivity index (χ4v) is 3.66. The Balaban J connectivity index is 1.72. The highest BCUT2D eigenvalue weighted by Crippen LogP contribution is 2.41. The van der Waals surface area contributed by atoms with Gasteiger partial charge in [-0.3, -0.25) is 4.90 Å². The zero-order valence-corrected chi connectivity index (χ0v) is 13.7. The van der Waals surface area contributed by atoms with Crippen molar-refractivity contribution in [3.05, 3.63) is 12.2 Å². The van der Waals surface area contributed by atoms with Crippen molar-refractivity contribution in [3.8, 4) is 0 Å². The van der Waals surface area contributed by atoms with Gasteiger partial charge in [0.05, 0.1) is 6.54 Å². The Labute approximate surface area is 128 Å². The molecule has 0 aromatic carbocycles. The highest BCUT2D eigenvalue weighted by molar-refractivity contribution is 5.04. The molecule has 118 valence electrons. The lowest BCUT2D eigenvalue weighted by atomic mass is 9.90. The molecule has 0 radical (unpaired) electrons. The Morgan fingerprint density at radius 1 is 1.38 bits per heavy atom. The van der Waals surface area contributed by atoms with Gasteiger partial charge in [-0.25, -0.2) is 9.67 Å². The summed E-state index contributed by atoms with van der Waals surface area (Å²) in [7, 11) is 0. The van der Waals surface area contributed by atoms with E-state index in [0.29, 0.717) is 11.6 Å². The molecule has 1 saturated carbocycles. The van der Waals surface area contributed by atoms with Gasteiger partial charge >= 0.3 is 0 Å². The van der Waals surface area contributed by atoms with Crippen LogP contribution in [0.5, 0.6) is 0 Å². The van der Waals surface area contributed by atoms with E-state index in [1.165, 1.54) is 19.3 Å². The number of piperazine rings is 1. The van der Waals surface area contributed by atoms with E-state index in [1.807, 2.05) is 0 Å². The van der Waals surface area contributed by atoms with Crippen LogP contribution in [0.15, 0.2) is 6.33 Å². The van der Waals surface area contributed by atoms with Gasteiger partial charge < -0.3 is 5.32 Å². The molecular weight excluding hydrogens is 262 g/mol. The van der Waals surface area contributed by atoms with E-state index in [4.69, 9.17) is 0 Å². The fraction of sp³-hybridized carbons (Fsp3) is 0.875. The molecule has 21 heavy (non-hydrogen) atoms. The van der Waals surface area contributed by atoms with E-state index < -0.39 is 0 Å². The van der Waals surface area contributed by atoms with E-state index in [0.717, 1.165) is 44.3 Å². The maximum Gasteiger partial charge on any atom is 0.141 e. The summed E-state index contributed by atoms with van der Waals surface area (Å²) in [5.74, 6) is 1.99. The average Bonchev–Trinajstić information content (AvgIpc) is 3.25.